The first-order chi connectivity index (χ1) is 8.66. The number of aromatic nitrogens is 1. The minimum Gasteiger partial charge on any atom is -0.384 e. The van der Waals surface area contributed by atoms with Gasteiger partial charge in [0, 0.05) is 30.7 Å². The van der Waals surface area contributed by atoms with Crippen molar-refractivity contribution < 1.29 is 0 Å². The molecule has 18 heavy (non-hydrogen) atoms. The van der Waals surface area contributed by atoms with Crippen LogP contribution >= 0.6 is 0 Å². The topological polar surface area (TPSA) is 34.0 Å². The number of pyridine rings is 1. The SMILES string of the molecule is CC1CC1CNc1cc(=O)n(C)c2ccccc12. The van der Waals surface area contributed by atoms with Crippen LogP contribution in [0, 0.1) is 11.8 Å². The van der Waals surface area contributed by atoms with Gasteiger partial charge in [0.15, 0.2) is 0 Å². The largest absolute Gasteiger partial charge is 0.384 e. The van der Waals surface area contributed by atoms with Gasteiger partial charge >= 0.3 is 0 Å². The summed E-state index contributed by atoms with van der Waals surface area (Å²) in [5.41, 5.74) is 1.99. The third kappa shape index (κ3) is 1.90. The van der Waals surface area contributed by atoms with Gasteiger partial charge in [0.25, 0.3) is 5.56 Å². The zero-order valence-corrected chi connectivity index (χ0v) is 10.8. The Bertz CT molecular complexity index is 644. The van der Waals surface area contributed by atoms with Crippen molar-refractivity contribution in [1.29, 1.82) is 0 Å². The first kappa shape index (κ1) is 11.3. The number of anilines is 1. The maximum absolute atomic E-state index is 11.9. The summed E-state index contributed by atoms with van der Waals surface area (Å²) in [4.78, 5) is 11.9. The Morgan fingerprint density at radius 1 is 1.39 bits per heavy atom. The molecule has 0 saturated heterocycles. The van der Waals surface area contributed by atoms with E-state index < -0.39 is 0 Å². The molecule has 1 fully saturated rings. The summed E-state index contributed by atoms with van der Waals surface area (Å²) in [5.74, 6) is 1.60. The lowest BCUT2D eigenvalue weighted by molar-refractivity contribution is 0.787. The number of hydrogen-bond donors (Lipinski definition) is 1. The molecule has 1 aliphatic rings. The summed E-state index contributed by atoms with van der Waals surface area (Å²) in [7, 11) is 1.82. The van der Waals surface area contributed by atoms with Gasteiger partial charge in [-0.1, -0.05) is 25.1 Å². The molecule has 1 aromatic heterocycles. The molecular formula is C15H18N2O. The minimum absolute atomic E-state index is 0.0417. The van der Waals surface area contributed by atoms with Crippen LogP contribution in [0.15, 0.2) is 35.1 Å². The Hall–Kier alpha value is -1.77. The number of aryl methyl sites for hydroxylation is 1. The molecule has 0 amide bonds. The van der Waals surface area contributed by atoms with E-state index in [9.17, 15) is 4.79 Å². The average Bonchev–Trinajstić information content (AvgIpc) is 3.08. The molecule has 2 atom stereocenters. The third-order valence-corrected chi connectivity index (χ3v) is 3.98. The molecule has 0 bridgehead atoms. The van der Waals surface area contributed by atoms with E-state index in [1.807, 2.05) is 25.2 Å². The van der Waals surface area contributed by atoms with Gasteiger partial charge < -0.3 is 9.88 Å². The molecule has 1 heterocycles. The molecule has 0 aliphatic heterocycles. The average molecular weight is 242 g/mol. The van der Waals surface area contributed by atoms with Gasteiger partial charge in [0.2, 0.25) is 0 Å². The zero-order chi connectivity index (χ0) is 12.7. The second-order valence-electron chi connectivity index (χ2n) is 5.33. The summed E-state index contributed by atoms with van der Waals surface area (Å²) < 4.78 is 1.69. The molecule has 1 saturated carbocycles. The van der Waals surface area contributed by atoms with Gasteiger partial charge in [-0.2, -0.15) is 0 Å². The van der Waals surface area contributed by atoms with Crippen LogP contribution in [0.1, 0.15) is 13.3 Å². The molecule has 1 aromatic carbocycles. The first-order valence-electron chi connectivity index (χ1n) is 6.49. The molecule has 2 unspecified atom stereocenters. The fourth-order valence-electron chi connectivity index (χ4n) is 2.48. The number of para-hydroxylation sites is 1. The number of fused-ring (bicyclic) bond motifs is 1. The van der Waals surface area contributed by atoms with Crippen molar-refractivity contribution in [3.63, 3.8) is 0 Å². The highest BCUT2D eigenvalue weighted by Crippen LogP contribution is 2.37. The number of hydrogen-bond acceptors (Lipinski definition) is 2. The molecule has 0 spiro atoms. The fourth-order valence-corrected chi connectivity index (χ4v) is 2.48. The highest BCUT2D eigenvalue weighted by Gasteiger charge is 2.31. The number of nitrogens with one attached hydrogen (secondary N) is 1. The highest BCUT2D eigenvalue weighted by atomic mass is 16.1. The number of nitrogens with zero attached hydrogens (tertiary/aromatic N) is 1. The van der Waals surface area contributed by atoms with E-state index in [-0.39, 0.29) is 5.56 Å². The van der Waals surface area contributed by atoms with Crippen LogP contribution in [0.4, 0.5) is 5.69 Å². The Labute approximate surface area is 106 Å². The third-order valence-electron chi connectivity index (χ3n) is 3.98. The van der Waals surface area contributed by atoms with Crippen LogP contribution in [-0.2, 0) is 7.05 Å². The van der Waals surface area contributed by atoms with Crippen molar-refractivity contribution in [3.8, 4) is 0 Å². The van der Waals surface area contributed by atoms with E-state index in [0.29, 0.717) is 0 Å². The highest BCUT2D eigenvalue weighted by molar-refractivity contribution is 5.91. The number of rotatable bonds is 3. The van der Waals surface area contributed by atoms with Crippen LogP contribution in [-0.4, -0.2) is 11.1 Å². The molecule has 3 heteroatoms. The molecule has 1 N–H and O–H groups in total. The van der Waals surface area contributed by atoms with Crippen molar-refractivity contribution in [2.45, 2.75) is 13.3 Å². The van der Waals surface area contributed by atoms with E-state index in [2.05, 4.69) is 18.3 Å². The second-order valence-corrected chi connectivity index (χ2v) is 5.33. The van der Waals surface area contributed by atoms with E-state index in [4.69, 9.17) is 0 Å². The van der Waals surface area contributed by atoms with Crippen molar-refractivity contribution in [1.82, 2.24) is 4.57 Å². The van der Waals surface area contributed by atoms with Gasteiger partial charge in [0.05, 0.1) is 5.52 Å². The monoisotopic (exact) mass is 242 g/mol. The predicted molar refractivity (Wildman–Crippen MR) is 74.9 cm³/mol. The summed E-state index contributed by atoms with van der Waals surface area (Å²) in [6.07, 6.45) is 1.30. The van der Waals surface area contributed by atoms with Crippen LogP contribution < -0.4 is 10.9 Å². The predicted octanol–water partition coefficient (Wildman–Crippen LogP) is 2.61. The Morgan fingerprint density at radius 3 is 2.83 bits per heavy atom. The minimum atomic E-state index is 0.0417. The fraction of sp³-hybridized carbons (Fsp3) is 0.400. The van der Waals surface area contributed by atoms with Crippen molar-refractivity contribution in [2.75, 3.05) is 11.9 Å². The van der Waals surface area contributed by atoms with Crippen molar-refractivity contribution in [3.05, 3.63) is 40.7 Å². The van der Waals surface area contributed by atoms with E-state index in [1.54, 1.807) is 10.6 Å². The smallest absolute Gasteiger partial charge is 0.252 e. The molecule has 3 rings (SSSR count). The maximum atomic E-state index is 11.9. The van der Waals surface area contributed by atoms with Gasteiger partial charge in [0.1, 0.15) is 0 Å². The summed E-state index contributed by atoms with van der Waals surface area (Å²) in [6, 6.07) is 9.73. The van der Waals surface area contributed by atoms with Gasteiger partial charge in [-0.3, -0.25) is 4.79 Å². The van der Waals surface area contributed by atoms with Crippen molar-refractivity contribution in [2.24, 2.45) is 18.9 Å². The van der Waals surface area contributed by atoms with Gasteiger partial charge in [-0.25, -0.2) is 0 Å². The molecular weight excluding hydrogens is 224 g/mol. The Balaban J connectivity index is 2.00. The maximum Gasteiger partial charge on any atom is 0.252 e. The molecule has 2 aromatic rings. The molecule has 3 nitrogen and oxygen atoms in total. The van der Waals surface area contributed by atoms with Gasteiger partial charge in [-0.15, -0.1) is 0 Å². The van der Waals surface area contributed by atoms with Crippen LogP contribution in [0.3, 0.4) is 0 Å². The Morgan fingerprint density at radius 2 is 2.11 bits per heavy atom. The van der Waals surface area contributed by atoms with Crippen LogP contribution in [0.5, 0.6) is 0 Å². The second kappa shape index (κ2) is 4.16. The molecule has 0 radical (unpaired) electrons. The summed E-state index contributed by atoms with van der Waals surface area (Å²) in [5, 5.41) is 4.55. The van der Waals surface area contributed by atoms with Crippen LogP contribution in [0.25, 0.3) is 10.9 Å². The standard InChI is InChI=1S/C15H18N2O/c1-10-7-11(10)9-16-13-8-15(18)17(2)14-6-4-3-5-12(13)14/h3-6,8,10-11,16H,7,9H2,1-2H3. The first-order valence-corrected chi connectivity index (χ1v) is 6.49. The quantitative estimate of drug-likeness (QED) is 0.897. The lowest BCUT2D eigenvalue weighted by Crippen LogP contribution is -2.18. The van der Waals surface area contributed by atoms with Crippen molar-refractivity contribution >= 4 is 16.6 Å². The van der Waals surface area contributed by atoms with E-state index >= 15 is 0 Å². The van der Waals surface area contributed by atoms with Crippen LogP contribution in [0.2, 0.25) is 0 Å². The number of benzene rings is 1. The summed E-state index contributed by atoms with van der Waals surface area (Å²) >= 11 is 0. The normalized spacial score (nSPS) is 22.1. The zero-order valence-electron chi connectivity index (χ0n) is 10.8. The lowest BCUT2D eigenvalue weighted by Gasteiger charge is -2.11. The summed E-state index contributed by atoms with van der Waals surface area (Å²) in [6.45, 7) is 3.24. The van der Waals surface area contributed by atoms with E-state index in [0.717, 1.165) is 35.0 Å². The van der Waals surface area contributed by atoms with Gasteiger partial charge in [-0.05, 0) is 24.3 Å². The molecule has 94 valence electrons. The van der Waals surface area contributed by atoms with E-state index in [1.165, 1.54) is 6.42 Å². The molecule has 1 aliphatic carbocycles. The lowest BCUT2D eigenvalue weighted by atomic mass is 10.1. The Kier molecular flexibility index (Phi) is 2.62.